The van der Waals surface area contributed by atoms with E-state index in [1.165, 1.54) is 0 Å². The highest BCUT2D eigenvalue weighted by molar-refractivity contribution is 6.02. The molecule has 26 heavy (non-hydrogen) atoms. The molecule has 0 saturated carbocycles. The maximum atomic E-state index is 12.4. The number of methoxy groups -OCH3 is 1. The molecule has 9 nitrogen and oxygen atoms in total. The summed E-state index contributed by atoms with van der Waals surface area (Å²) in [6, 6.07) is 6.11. The van der Waals surface area contributed by atoms with Crippen LogP contribution in [0.5, 0.6) is 5.75 Å². The number of hydrogen-bond acceptors (Lipinski definition) is 5. The molecule has 1 unspecified atom stereocenters. The van der Waals surface area contributed by atoms with Crippen molar-refractivity contribution in [2.24, 2.45) is 5.73 Å². The number of carbonyl (C=O) groups excluding carboxylic acids is 3. The number of hydrogen-bond donors (Lipinski definition) is 4. The van der Waals surface area contributed by atoms with Crippen LogP contribution in [0.3, 0.4) is 0 Å². The molecule has 136 valence electrons. The van der Waals surface area contributed by atoms with Crippen molar-refractivity contribution in [3.8, 4) is 5.75 Å². The summed E-state index contributed by atoms with van der Waals surface area (Å²) < 4.78 is 5.17. The second kappa shape index (κ2) is 6.79. The molecule has 2 aliphatic heterocycles. The van der Waals surface area contributed by atoms with Gasteiger partial charge in [0.2, 0.25) is 5.91 Å². The van der Waals surface area contributed by atoms with Gasteiger partial charge in [0, 0.05) is 24.7 Å². The summed E-state index contributed by atoms with van der Waals surface area (Å²) in [4.78, 5) is 37.8. The quantitative estimate of drug-likeness (QED) is 0.599. The Morgan fingerprint density at radius 2 is 2.15 bits per heavy atom. The number of urea groups is 1. The number of nitrogens with two attached hydrogens (primary N) is 1. The Hall–Kier alpha value is -3.49. The summed E-state index contributed by atoms with van der Waals surface area (Å²) in [6.07, 6.45) is 0.142. The van der Waals surface area contributed by atoms with Crippen LogP contribution in [-0.2, 0) is 9.59 Å². The van der Waals surface area contributed by atoms with Gasteiger partial charge < -0.3 is 31.3 Å². The van der Waals surface area contributed by atoms with E-state index in [2.05, 4.69) is 22.5 Å². The fourth-order valence-corrected chi connectivity index (χ4v) is 2.84. The lowest BCUT2D eigenvalue weighted by molar-refractivity contribution is -0.118. The first kappa shape index (κ1) is 17.3. The number of amides is 4. The fourth-order valence-electron chi connectivity index (χ4n) is 2.84. The van der Waals surface area contributed by atoms with E-state index in [-0.39, 0.29) is 29.4 Å². The molecular weight excluding hydrogens is 338 g/mol. The van der Waals surface area contributed by atoms with E-state index < -0.39 is 18.0 Å². The Kier molecular flexibility index (Phi) is 4.53. The lowest BCUT2D eigenvalue weighted by Crippen LogP contribution is -2.49. The Morgan fingerprint density at radius 1 is 1.38 bits per heavy atom. The van der Waals surface area contributed by atoms with Crippen molar-refractivity contribution in [1.29, 1.82) is 0 Å². The standard InChI is InChI=1S/C17H19N5O4/c1-9-14(18)15(21-17(25)19-9)16(24)20-10-6-13(23)22(8-10)11-4-3-5-12(7-11)26-2/h3-5,7,10H,1,6,8,18H2,2H3,(H,20,24)(H2,19,21,25). The number of nitrogens with zero attached hydrogens (tertiary/aromatic N) is 1. The molecule has 1 aromatic carbocycles. The SMILES string of the molecule is C=C1NC(=O)NC(C(=O)NC2CC(=O)N(c3cccc(OC)c3)C2)=C1N. The van der Waals surface area contributed by atoms with E-state index in [0.29, 0.717) is 18.0 Å². The second-order valence-electron chi connectivity index (χ2n) is 5.93. The minimum absolute atomic E-state index is 0.0519. The van der Waals surface area contributed by atoms with Crippen molar-refractivity contribution >= 4 is 23.5 Å². The van der Waals surface area contributed by atoms with Gasteiger partial charge in [0.15, 0.2) is 0 Å². The van der Waals surface area contributed by atoms with Crippen molar-refractivity contribution in [3.05, 3.63) is 47.9 Å². The van der Waals surface area contributed by atoms with Crippen LogP contribution in [0.4, 0.5) is 10.5 Å². The number of anilines is 1. The Bertz CT molecular complexity index is 832. The summed E-state index contributed by atoms with van der Waals surface area (Å²) in [6.45, 7) is 3.88. The number of nitrogens with one attached hydrogen (secondary N) is 3. The first-order chi connectivity index (χ1) is 12.4. The number of ether oxygens (including phenoxy) is 1. The van der Waals surface area contributed by atoms with Gasteiger partial charge in [-0.2, -0.15) is 0 Å². The zero-order valence-electron chi connectivity index (χ0n) is 14.2. The molecule has 4 amide bonds. The zero-order chi connectivity index (χ0) is 18.8. The first-order valence-electron chi connectivity index (χ1n) is 7.91. The van der Waals surface area contributed by atoms with E-state index in [9.17, 15) is 14.4 Å². The molecule has 0 radical (unpaired) electrons. The monoisotopic (exact) mass is 357 g/mol. The third-order valence-corrected chi connectivity index (χ3v) is 4.15. The molecule has 1 atom stereocenters. The smallest absolute Gasteiger partial charge is 0.323 e. The molecule has 0 aromatic heterocycles. The van der Waals surface area contributed by atoms with Gasteiger partial charge in [-0.15, -0.1) is 0 Å². The van der Waals surface area contributed by atoms with Gasteiger partial charge in [-0.25, -0.2) is 4.79 Å². The Balaban J connectivity index is 1.71. The second-order valence-corrected chi connectivity index (χ2v) is 5.93. The minimum atomic E-state index is -0.588. The predicted octanol–water partition coefficient (Wildman–Crippen LogP) is -0.0865. The number of rotatable bonds is 4. The van der Waals surface area contributed by atoms with Crippen molar-refractivity contribution in [1.82, 2.24) is 16.0 Å². The molecule has 2 heterocycles. The number of carbonyl (C=O) groups is 3. The van der Waals surface area contributed by atoms with Crippen LogP contribution >= 0.6 is 0 Å². The third-order valence-electron chi connectivity index (χ3n) is 4.15. The molecule has 3 rings (SSSR count). The van der Waals surface area contributed by atoms with E-state index in [1.807, 2.05) is 0 Å². The van der Waals surface area contributed by atoms with Gasteiger partial charge in [-0.3, -0.25) is 9.59 Å². The summed E-state index contributed by atoms with van der Waals surface area (Å²) in [5, 5.41) is 7.45. The Labute approximate surface area is 149 Å². The highest BCUT2D eigenvalue weighted by Crippen LogP contribution is 2.25. The van der Waals surface area contributed by atoms with Gasteiger partial charge in [0.25, 0.3) is 5.91 Å². The maximum Gasteiger partial charge on any atom is 0.323 e. The van der Waals surface area contributed by atoms with E-state index >= 15 is 0 Å². The maximum absolute atomic E-state index is 12.4. The molecule has 0 spiro atoms. The van der Waals surface area contributed by atoms with Crippen molar-refractivity contribution in [3.63, 3.8) is 0 Å². The van der Waals surface area contributed by atoms with E-state index in [1.54, 1.807) is 36.3 Å². The van der Waals surface area contributed by atoms with E-state index in [4.69, 9.17) is 10.5 Å². The first-order valence-corrected chi connectivity index (χ1v) is 7.91. The third kappa shape index (κ3) is 3.32. The van der Waals surface area contributed by atoms with Gasteiger partial charge in [0.05, 0.1) is 24.5 Å². The average Bonchev–Trinajstić information content (AvgIpc) is 2.98. The van der Waals surface area contributed by atoms with Gasteiger partial charge in [-0.1, -0.05) is 12.6 Å². The predicted molar refractivity (Wildman–Crippen MR) is 93.9 cm³/mol. The van der Waals surface area contributed by atoms with Crippen LogP contribution in [0, 0.1) is 0 Å². The highest BCUT2D eigenvalue weighted by Gasteiger charge is 2.33. The molecule has 1 fully saturated rings. The normalized spacial score (nSPS) is 20.0. The van der Waals surface area contributed by atoms with Crippen LogP contribution in [0.25, 0.3) is 0 Å². The molecular formula is C17H19N5O4. The number of benzene rings is 1. The van der Waals surface area contributed by atoms with Crippen LogP contribution < -0.4 is 31.3 Å². The van der Waals surface area contributed by atoms with Crippen LogP contribution in [0.1, 0.15) is 6.42 Å². The molecule has 9 heteroatoms. The summed E-state index contributed by atoms with van der Waals surface area (Å²) >= 11 is 0. The highest BCUT2D eigenvalue weighted by atomic mass is 16.5. The average molecular weight is 357 g/mol. The van der Waals surface area contributed by atoms with Crippen molar-refractivity contribution < 1.29 is 19.1 Å². The topological polar surface area (TPSA) is 126 Å². The summed E-state index contributed by atoms with van der Waals surface area (Å²) in [7, 11) is 1.55. The van der Waals surface area contributed by atoms with Gasteiger partial charge >= 0.3 is 6.03 Å². The minimum Gasteiger partial charge on any atom is -0.497 e. The van der Waals surface area contributed by atoms with Crippen LogP contribution in [-0.4, -0.2) is 37.5 Å². The largest absolute Gasteiger partial charge is 0.497 e. The van der Waals surface area contributed by atoms with Gasteiger partial charge in [0.1, 0.15) is 11.4 Å². The molecule has 1 saturated heterocycles. The molecule has 2 aliphatic rings. The Morgan fingerprint density at radius 3 is 2.88 bits per heavy atom. The van der Waals surface area contributed by atoms with Gasteiger partial charge in [-0.05, 0) is 12.1 Å². The fraction of sp³-hybridized carbons (Fsp3) is 0.235. The van der Waals surface area contributed by atoms with Crippen molar-refractivity contribution in [2.75, 3.05) is 18.6 Å². The summed E-state index contributed by atoms with van der Waals surface area (Å²) in [5.41, 5.74) is 6.60. The zero-order valence-corrected chi connectivity index (χ0v) is 14.2. The summed E-state index contributed by atoms with van der Waals surface area (Å²) in [5.74, 6) is -0.0512. The molecule has 0 aliphatic carbocycles. The molecule has 0 bridgehead atoms. The lowest BCUT2D eigenvalue weighted by atomic mass is 10.2. The van der Waals surface area contributed by atoms with Crippen LogP contribution in [0.2, 0.25) is 0 Å². The molecule has 1 aromatic rings. The molecule has 5 N–H and O–H groups in total. The van der Waals surface area contributed by atoms with E-state index in [0.717, 1.165) is 0 Å². The lowest BCUT2D eigenvalue weighted by Gasteiger charge is -2.22. The van der Waals surface area contributed by atoms with Crippen molar-refractivity contribution in [2.45, 2.75) is 12.5 Å². The van der Waals surface area contributed by atoms with Crippen LogP contribution in [0.15, 0.2) is 47.9 Å².